The van der Waals surface area contributed by atoms with E-state index in [0.717, 1.165) is 36.4 Å². The molecule has 134 valence electrons. The summed E-state index contributed by atoms with van der Waals surface area (Å²) in [5.74, 6) is 3.91. The predicted molar refractivity (Wildman–Crippen MR) is 107 cm³/mol. The van der Waals surface area contributed by atoms with Gasteiger partial charge in [0.15, 0.2) is 0 Å². The number of nitrogens with two attached hydrogens (primary N) is 1. The van der Waals surface area contributed by atoms with E-state index in [1.54, 1.807) is 7.11 Å². The van der Waals surface area contributed by atoms with Crippen molar-refractivity contribution in [2.24, 2.45) is 0 Å². The van der Waals surface area contributed by atoms with Gasteiger partial charge in [0.25, 0.3) is 0 Å². The summed E-state index contributed by atoms with van der Waals surface area (Å²) < 4.78 is 5.67. The first-order valence-electron chi connectivity index (χ1n) is 8.94. The number of aromatic nitrogens is 1. The van der Waals surface area contributed by atoms with Crippen molar-refractivity contribution in [3.8, 4) is 17.0 Å². The Bertz CT molecular complexity index is 714. The molecule has 1 aliphatic heterocycles. The lowest BCUT2D eigenvalue weighted by Gasteiger charge is -2.26. The molecule has 1 fully saturated rings. The van der Waals surface area contributed by atoms with Crippen molar-refractivity contribution in [3.05, 3.63) is 41.5 Å². The summed E-state index contributed by atoms with van der Waals surface area (Å²) in [4.78, 5) is 7.03. The highest BCUT2D eigenvalue weighted by Gasteiger charge is 2.15. The standard InChI is InChI=1S/C20H27N3OS/c1-3-15-13-17(18-5-4-6-20(21)22-18)19(24-2)14-16(15)7-8-23-9-11-25-12-10-23/h4-6,13-14H,3,7-12H2,1-2H3,(H2,21,22). The number of benzene rings is 1. The van der Waals surface area contributed by atoms with Gasteiger partial charge in [-0.05, 0) is 48.2 Å². The van der Waals surface area contributed by atoms with Crippen LogP contribution in [-0.4, -0.2) is 48.1 Å². The summed E-state index contributed by atoms with van der Waals surface area (Å²) >= 11 is 2.06. The number of aryl methyl sites for hydroxylation is 1. The van der Waals surface area contributed by atoms with Gasteiger partial charge in [-0.1, -0.05) is 13.0 Å². The van der Waals surface area contributed by atoms with E-state index in [4.69, 9.17) is 10.5 Å². The number of methoxy groups -OCH3 is 1. The molecule has 3 rings (SSSR count). The SMILES string of the molecule is CCc1cc(-c2cccc(N)n2)c(OC)cc1CCN1CCSCC1. The topological polar surface area (TPSA) is 51.4 Å². The summed E-state index contributed by atoms with van der Waals surface area (Å²) in [6.07, 6.45) is 2.07. The molecule has 5 heteroatoms. The Morgan fingerprint density at radius 2 is 2.00 bits per heavy atom. The third-order valence-corrected chi connectivity index (χ3v) is 5.69. The Morgan fingerprint density at radius 3 is 2.68 bits per heavy atom. The molecule has 4 nitrogen and oxygen atoms in total. The molecule has 1 aliphatic rings. The van der Waals surface area contributed by atoms with E-state index in [9.17, 15) is 0 Å². The van der Waals surface area contributed by atoms with Crippen LogP contribution >= 0.6 is 11.8 Å². The van der Waals surface area contributed by atoms with Gasteiger partial charge >= 0.3 is 0 Å². The van der Waals surface area contributed by atoms with Crippen molar-refractivity contribution in [1.29, 1.82) is 0 Å². The van der Waals surface area contributed by atoms with Gasteiger partial charge < -0.3 is 15.4 Å². The molecule has 0 bridgehead atoms. The van der Waals surface area contributed by atoms with Crippen LogP contribution in [0.25, 0.3) is 11.3 Å². The predicted octanol–water partition coefficient (Wildman–Crippen LogP) is 3.49. The Balaban J connectivity index is 1.86. The first-order valence-corrected chi connectivity index (χ1v) is 10.1. The van der Waals surface area contributed by atoms with E-state index >= 15 is 0 Å². The highest BCUT2D eigenvalue weighted by Crippen LogP contribution is 2.33. The second-order valence-corrected chi connectivity index (χ2v) is 7.55. The van der Waals surface area contributed by atoms with Gasteiger partial charge in [-0.15, -0.1) is 0 Å². The molecule has 0 radical (unpaired) electrons. The minimum atomic E-state index is 0.532. The number of rotatable bonds is 6. The number of hydrogen-bond donors (Lipinski definition) is 1. The summed E-state index contributed by atoms with van der Waals surface area (Å²) in [6, 6.07) is 10.1. The summed E-state index contributed by atoms with van der Waals surface area (Å²) in [5, 5.41) is 0. The van der Waals surface area contributed by atoms with Gasteiger partial charge in [0.05, 0.1) is 12.8 Å². The Kier molecular flexibility index (Phi) is 6.21. The fourth-order valence-electron chi connectivity index (χ4n) is 3.30. The lowest BCUT2D eigenvalue weighted by molar-refractivity contribution is 0.306. The van der Waals surface area contributed by atoms with E-state index in [2.05, 4.69) is 40.7 Å². The quantitative estimate of drug-likeness (QED) is 0.858. The molecule has 2 N–H and O–H groups in total. The fourth-order valence-corrected chi connectivity index (χ4v) is 4.28. The van der Waals surface area contributed by atoms with Gasteiger partial charge in [0.2, 0.25) is 0 Å². The van der Waals surface area contributed by atoms with Gasteiger partial charge in [-0.2, -0.15) is 11.8 Å². The molecule has 2 aromatic rings. The number of hydrogen-bond acceptors (Lipinski definition) is 5. The maximum absolute atomic E-state index is 5.86. The van der Waals surface area contributed by atoms with E-state index in [0.29, 0.717) is 5.82 Å². The zero-order chi connectivity index (χ0) is 17.6. The molecule has 0 atom stereocenters. The molecule has 2 heterocycles. The minimum absolute atomic E-state index is 0.532. The van der Waals surface area contributed by atoms with Gasteiger partial charge in [-0.25, -0.2) is 4.98 Å². The average molecular weight is 358 g/mol. The number of anilines is 1. The Morgan fingerprint density at radius 1 is 1.20 bits per heavy atom. The van der Waals surface area contributed by atoms with Crippen LogP contribution in [0.5, 0.6) is 5.75 Å². The average Bonchev–Trinajstić information content (AvgIpc) is 2.66. The smallest absolute Gasteiger partial charge is 0.128 e. The molecule has 0 aliphatic carbocycles. The minimum Gasteiger partial charge on any atom is -0.496 e. The Hall–Kier alpha value is -1.72. The molecule has 0 saturated carbocycles. The summed E-state index contributed by atoms with van der Waals surface area (Å²) in [6.45, 7) is 5.73. The number of pyridine rings is 1. The third kappa shape index (κ3) is 4.47. The molecular weight excluding hydrogens is 330 g/mol. The third-order valence-electron chi connectivity index (χ3n) is 4.75. The maximum Gasteiger partial charge on any atom is 0.128 e. The van der Waals surface area contributed by atoms with Crippen LogP contribution in [0.3, 0.4) is 0 Å². The van der Waals surface area contributed by atoms with Crippen molar-refractivity contribution < 1.29 is 4.74 Å². The number of ether oxygens (including phenoxy) is 1. The van der Waals surface area contributed by atoms with Crippen molar-refractivity contribution in [2.75, 3.05) is 44.0 Å². The van der Waals surface area contributed by atoms with Crippen molar-refractivity contribution >= 4 is 17.6 Å². The zero-order valence-corrected chi connectivity index (χ0v) is 15.9. The van der Waals surface area contributed by atoms with Crippen LogP contribution in [0.1, 0.15) is 18.1 Å². The lowest BCUT2D eigenvalue weighted by Crippen LogP contribution is -2.34. The molecule has 1 aromatic carbocycles. The largest absolute Gasteiger partial charge is 0.496 e. The highest BCUT2D eigenvalue weighted by atomic mass is 32.2. The molecule has 0 unspecified atom stereocenters. The van der Waals surface area contributed by atoms with Crippen LogP contribution in [0.2, 0.25) is 0 Å². The summed E-state index contributed by atoms with van der Waals surface area (Å²) in [5.41, 5.74) is 10.5. The van der Waals surface area contributed by atoms with Crippen molar-refractivity contribution in [3.63, 3.8) is 0 Å². The molecule has 1 saturated heterocycles. The van der Waals surface area contributed by atoms with Gasteiger partial charge in [0.1, 0.15) is 11.6 Å². The van der Waals surface area contributed by atoms with Gasteiger partial charge in [-0.3, -0.25) is 0 Å². The van der Waals surface area contributed by atoms with Crippen LogP contribution in [0, 0.1) is 0 Å². The van der Waals surface area contributed by atoms with Gasteiger partial charge in [0, 0.05) is 36.7 Å². The number of thioether (sulfide) groups is 1. The van der Waals surface area contributed by atoms with E-state index in [-0.39, 0.29) is 0 Å². The summed E-state index contributed by atoms with van der Waals surface area (Å²) in [7, 11) is 1.72. The highest BCUT2D eigenvalue weighted by molar-refractivity contribution is 7.99. The van der Waals surface area contributed by atoms with Crippen LogP contribution in [-0.2, 0) is 12.8 Å². The first kappa shape index (κ1) is 18.1. The second kappa shape index (κ2) is 8.59. The Labute approximate surface area is 154 Å². The van der Waals surface area contributed by atoms with E-state index in [1.165, 1.54) is 35.7 Å². The lowest BCUT2D eigenvalue weighted by atomic mass is 9.96. The first-order chi connectivity index (χ1) is 12.2. The molecule has 25 heavy (non-hydrogen) atoms. The monoisotopic (exact) mass is 357 g/mol. The number of nitrogens with zero attached hydrogens (tertiary/aromatic N) is 2. The van der Waals surface area contributed by atoms with Crippen molar-refractivity contribution in [2.45, 2.75) is 19.8 Å². The fraction of sp³-hybridized carbons (Fsp3) is 0.450. The van der Waals surface area contributed by atoms with E-state index in [1.807, 2.05) is 18.2 Å². The molecule has 0 spiro atoms. The number of nitrogen functional groups attached to an aromatic ring is 1. The second-order valence-electron chi connectivity index (χ2n) is 6.33. The maximum atomic E-state index is 5.86. The van der Waals surface area contributed by atoms with Crippen LogP contribution < -0.4 is 10.5 Å². The van der Waals surface area contributed by atoms with E-state index < -0.39 is 0 Å². The zero-order valence-electron chi connectivity index (χ0n) is 15.1. The van der Waals surface area contributed by atoms with Crippen LogP contribution in [0.4, 0.5) is 5.82 Å². The van der Waals surface area contributed by atoms with Crippen molar-refractivity contribution in [1.82, 2.24) is 9.88 Å². The molecule has 0 amide bonds. The molecular formula is C20H27N3OS. The van der Waals surface area contributed by atoms with Crippen LogP contribution in [0.15, 0.2) is 30.3 Å². The normalized spacial score (nSPS) is 15.3. The molecule has 1 aromatic heterocycles.